The summed E-state index contributed by atoms with van der Waals surface area (Å²) in [5, 5.41) is 2.38. The summed E-state index contributed by atoms with van der Waals surface area (Å²) in [6.45, 7) is 6.43. The third-order valence-corrected chi connectivity index (χ3v) is 16.1. The molecular weight excluding hydrogens is 982 g/mol. The van der Waals surface area contributed by atoms with E-state index in [1.807, 2.05) is 42.1 Å². The van der Waals surface area contributed by atoms with Crippen LogP contribution in [0.4, 0.5) is 17.1 Å². The van der Waals surface area contributed by atoms with Gasteiger partial charge in [-0.15, -0.1) is 0 Å². The molecule has 1 saturated heterocycles. The Morgan fingerprint density at radius 2 is 1.10 bits per heavy atom. The van der Waals surface area contributed by atoms with Crippen LogP contribution < -0.4 is 10.4 Å². The fraction of sp³-hybridized carbons (Fsp3) is 0.0952. The number of nitrogens with zero attached hydrogens (tertiary/aromatic N) is 5. The summed E-state index contributed by atoms with van der Waals surface area (Å²) < 4.78 is 17.3. The van der Waals surface area contributed by atoms with Crippen LogP contribution in [-0.4, -0.2) is 37.8 Å². The van der Waals surface area contributed by atoms with Crippen molar-refractivity contribution in [3.63, 3.8) is 0 Å². The van der Waals surface area contributed by atoms with Crippen molar-refractivity contribution in [2.24, 2.45) is 0 Å². The smallest absolute Gasteiger partial charge is 0.399 e. The summed E-state index contributed by atoms with van der Waals surface area (Å²) >= 11 is 5.52. The molecular formula is C63H47BBrN5O2S. The van der Waals surface area contributed by atoms with Crippen molar-refractivity contribution < 1.29 is 9.31 Å². The van der Waals surface area contributed by atoms with Crippen LogP contribution in [0.25, 0.3) is 72.8 Å². The Hall–Kier alpha value is -7.60. The molecule has 1 unspecified atom stereocenters. The third-order valence-electron chi connectivity index (χ3n) is 14.5. The van der Waals surface area contributed by atoms with Crippen molar-refractivity contribution in [2.75, 3.05) is 4.90 Å². The molecule has 0 bridgehead atoms. The van der Waals surface area contributed by atoms with Gasteiger partial charge in [-0.25, -0.2) is 15.0 Å². The molecule has 10 heteroatoms. The first-order valence-corrected chi connectivity index (χ1v) is 26.2. The molecule has 2 aliphatic rings. The molecule has 1 fully saturated rings. The van der Waals surface area contributed by atoms with Crippen molar-refractivity contribution in [1.29, 1.82) is 0 Å². The molecule has 7 nitrogen and oxygen atoms in total. The lowest BCUT2D eigenvalue weighted by Gasteiger charge is -2.36. The third kappa shape index (κ3) is 8.25. The second-order valence-corrected chi connectivity index (χ2v) is 21.5. The summed E-state index contributed by atoms with van der Waals surface area (Å²) in [7, 11) is -0.560. The number of rotatable bonds is 9. The van der Waals surface area contributed by atoms with Crippen LogP contribution in [0.2, 0.25) is 0 Å². The van der Waals surface area contributed by atoms with E-state index < -0.39 is 18.3 Å². The van der Waals surface area contributed by atoms with Crippen molar-refractivity contribution in [1.82, 2.24) is 19.5 Å². The van der Waals surface area contributed by atoms with Crippen molar-refractivity contribution in [3.8, 4) is 51.0 Å². The van der Waals surface area contributed by atoms with Gasteiger partial charge in [-0.05, 0) is 122 Å². The number of fused-ring (bicyclic) bond motifs is 5. The normalized spacial score (nSPS) is 15.9. The fourth-order valence-corrected chi connectivity index (χ4v) is 11.9. The summed E-state index contributed by atoms with van der Waals surface area (Å²) in [5.41, 5.74) is 12.5. The van der Waals surface area contributed by atoms with Crippen LogP contribution in [0.15, 0.2) is 233 Å². The largest absolute Gasteiger partial charge is 0.494 e. The van der Waals surface area contributed by atoms with Crippen LogP contribution in [0.3, 0.4) is 0 Å². The molecule has 0 spiro atoms. The van der Waals surface area contributed by atoms with E-state index in [9.17, 15) is 0 Å². The van der Waals surface area contributed by atoms with E-state index in [0.29, 0.717) is 23.9 Å². The Balaban J connectivity index is 0.800. The van der Waals surface area contributed by atoms with E-state index in [1.165, 1.54) is 31.9 Å². The molecule has 73 heavy (non-hydrogen) atoms. The molecule has 0 amide bonds. The first kappa shape index (κ1) is 45.3. The highest BCUT2D eigenvalue weighted by Crippen LogP contribution is 2.52. The highest BCUT2D eigenvalue weighted by Gasteiger charge is 2.54. The lowest BCUT2D eigenvalue weighted by molar-refractivity contribution is -0.00876. The van der Waals surface area contributed by atoms with E-state index in [2.05, 4.69) is 234 Å². The first-order chi connectivity index (χ1) is 35.6. The lowest BCUT2D eigenvalue weighted by atomic mass is 9.78. The number of halogens is 1. The molecule has 0 saturated carbocycles. The Labute approximate surface area is 437 Å². The quantitative estimate of drug-likeness (QED) is 0.133. The predicted molar refractivity (Wildman–Crippen MR) is 303 cm³/mol. The minimum Gasteiger partial charge on any atom is -0.399 e. The van der Waals surface area contributed by atoms with Crippen molar-refractivity contribution in [2.45, 2.75) is 48.2 Å². The Morgan fingerprint density at radius 3 is 1.92 bits per heavy atom. The van der Waals surface area contributed by atoms with Crippen LogP contribution in [0, 0.1) is 0 Å². The maximum absolute atomic E-state index is 7.06. The zero-order chi connectivity index (χ0) is 49.3. The van der Waals surface area contributed by atoms with Gasteiger partial charge in [0.15, 0.2) is 17.5 Å². The minimum absolute atomic E-state index is 0.560. The molecule has 4 heterocycles. The zero-order valence-corrected chi connectivity index (χ0v) is 42.8. The van der Waals surface area contributed by atoms with Gasteiger partial charge >= 0.3 is 7.12 Å². The second-order valence-electron chi connectivity index (χ2n) is 19.5. The van der Waals surface area contributed by atoms with Crippen molar-refractivity contribution in [3.05, 3.63) is 228 Å². The van der Waals surface area contributed by atoms with Crippen molar-refractivity contribution >= 4 is 79.1 Å². The monoisotopic (exact) mass is 1030 g/mol. The summed E-state index contributed by atoms with van der Waals surface area (Å²) in [5.74, 6) is 1.80. The number of aromatic nitrogens is 4. The van der Waals surface area contributed by atoms with Gasteiger partial charge in [-0.3, -0.25) is 0 Å². The second kappa shape index (κ2) is 18.2. The standard InChI is InChI=1S/C63H47BBrN5O2S/c1-62(2)63(3,72-64(71-62)47-23-15-20-43(36-47)44-31-33-56-58(38-44)73-57-30-13-12-29-55(57)69(56)49-24-8-5-9-25-49)40-41-17-14-21-45(35-41)60-66-59(42-18-6-4-7-19-42)67-61(68-60)46-22-16-26-50(37-46)70-53-28-11-10-27-51(53)52-39-48(65)32-34-54(52)70/h4-39H,40H2,1-3H3. The number of hydrogen-bond donors (Lipinski definition) is 0. The van der Waals surface area contributed by atoms with E-state index in [0.717, 1.165) is 65.7 Å². The molecule has 2 aliphatic heterocycles. The van der Waals surface area contributed by atoms with Gasteiger partial charge in [-0.1, -0.05) is 167 Å². The summed E-state index contributed by atoms with van der Waals surface area (Å²) in [4.78, 5) is 20.3. The Kier molecular flexibility index (Phi) is 11.3. The lowest BCUT2D eigenvalue weighted by Crippen LogP contribution is -2.46. The average molecular weight is 1030 g/mol. The van der Waals surface area contributed by atoms with Gasteiger partial charge in [-0.2, -0.15) is 0 Å². The van der Waals surface area contributed by atoms with Crippen LogP contribution in [-0.2, 0) is 15.7 Å². The van der Waals surface area contributed by atoms with Gasteiger partial charge in [0, 0.05) is 59.5 Å². The van der Waals surface area contributed by atoms with E-state index in [4.69, 9.17) is 24.3 Å². The fourth-order valence-electron chi connectivity index (χ4n) is 10.4. The van der Waals surface area contributed by atoms with E-state index in [-0.39, 0.29) is 0 Å². The first-order valence-electron chi connectivity index (χ1n) is 24.6. The van der Waals surface area contributed by atoms with E-state index >= 15 is 0 Å². The molecule has 11 aromatic rings. The van der Waals surface area contributed by atoms with E-state index in [1.54, 1.807) is 0 Å². The topological polar surface area (TPSA) is 65.3 Å². The van der Waals surface area contributed by atoms with Gasteiger partial charge in [0.1, 0.15) is 0 Å². The van der Waals surface area contributed by atoms with Gasteiger partial charge < -0.3 is 18.8 Å². The SMILES string of the molecule is CC1(C)OB(c2cccc(-c3ccc4c(c3)Sc3ccccc3N4c3ccccc3)c2)OC1(C)Cc1cccc(-c2nc(-c3ccccc3)nc(-c3cccc(-n4c5ccccc5c5cc(Br)ccc54)c3)n2)c1. The number of benzene rings is 9. The average Bonchev–Trinajstić information content (AvgIpc) is 3.88. The molecule has 13 rings (SSSR count). The predicted octanol–water partition coefficient (Wildman–Crippen LogP) is 15.9. The number of anilines is 3. The van der Waals surface area contributed by atoms with Crippen LogP contribution in [0.5, 0.6) is 0 Å². The van der Waals surface area contributed by atoms with Crippen LogP contribution >= 0.6 is 27.7 Å². The van der Waals surface area contributed by atoms with Gasteiger partial charge in [0.05, 0.1) is 33.6 Å². The molecule has 352 valence electrons. The highest BCUT2D eigenvalue weighted by atomic mass is 79.9. The summed E-state index contributed by atoms with van der Waals surface area (Å²) in [6, 6.07) is 76.7. The number of hydrogen-bond acceptors (Lipinski definition) is 7. The molecule has 0 radical (unpaired) electrons. The molecule has 0 N–H and O–H groups in total. The summed E-state index contributed by atoms with van der Waals surface area (Å²) in [6.07, 6.45) is 0.604. The maximum Gasteiger partial charge on any atom is 0.494 e. The van der Waals surface area contributed by atoms with Crippen LogP contribution in [0.1, 0.15) is 26.3 Å². The molecule has 2 aromatic heterocycles. The molecule has 9 aromatic carbocycles. The Morgan fingerprint density at radius 1 is 0.479 bits per heavy atom. The molecule has 0 aliphatic carbocycles. The highest BCUT2D eigenvalue weighted by molar-refractivity contribution is 9.10. The number of para-hydroxylation sites is 3. The van der Waals surface area contributed by atoms with Gasteiger partial charge in [0.2, 0.25) is 0 Å². The molecule has 1 atom stereocenters. The maximum atomic E-state index is 7.06. The zero-order valence-electron chi connectivity index (χ0n) is 40.4. The van der Waals surface area contributed by atoms with Gasteiger partial charge in [0.25, 0.3) is 0 Å². The minimum atomic E-state index is -0.675. The Bertz CT molecular complexity index is 3920.